The molecule has 3 atom stereocenters. The first kappa shape index (κ1) is 13.5. The summed E-state index contributed by atoms with van der Waals surface area (Å²) in [5.74, 6) is 0.538. The normalized spacial score (nSPS) is 32.1. The van der Waals surface area contributed by atoms with Crippen LogP contribution in [-0.4, -0.2) is 51.1 Å². The third-order valence-electron chi connectivity index (χ3n) is 3.82. The minimum Gasteiger partial charge on any atom is -0.340 e. The predicted octanol–water partition coefficient (Wildman–Crippen LogP) is -0.119. The van der Waals surface area contributed by atoms with Gasteiger partial charge in [-0.25, -0.2) is 0 Å². The van der Waals surface area contributed by atoms with Crippen LogP contribution in [0.2, 0.25) is 0 Å². The van der Waals surface area contributed by atoms with Crippen molar-refractivity contribution in [3.05, 3.63) is 0 Å². The SMILES string of the molecule is CC(CS(C)=O)N1CC(=O)NC(C)(C2CC2)C1=O. The molecule has 102 valence electrons. The fourth-order valence-corrected chi connectivity index (χ4v) is 3.49. The lowest BCUT2D eigenvalue weighted by molar-refractivity contribution is -0.151. The monoisotopic (exact) mass is 272 g/mol. The van der Waals surface area contributed by atoms with Gasteiger partial charge in [-0.1, -0.05) is 0 Å². The van der Waals surface area contributed by atoms with Crippen LogP contribution >= 0.6 is 0 Å². The molecule has 0 bridgehead atoms. The van der Waals surface area contributed by atoms with Crippen LogP contribution in [0.4, 0.5) is 0 Å². The molecule has 1 aliphatic heterocycles. The van der Waals surface area contributed by atoms with Gasteiger partial charge in [-0.3, -0.25) is 13.8 Å². The molecule has 0 radical (unpaired) electrons. The number of nitrogens with zero attached hydrogens (tertiary/aromatic N) is 1. The average molecular weight is 272 g/mol. The van der Waals surface area contributed by atoms with E-state index in [9.17, 15) is 13.8 Å². The van der Waals surface area contributed by atoms with Gasteiger partial charge in [0.15, 0.2) is 0 Å². The fraction of sp³-hybridized carbons (Fsp3) is 0.833. The first-order valence-corrected chi connectivity index (χ1v) is 7.99. The number of carbonyl (C=O) groups excluding carboxylic acids is 2. The Labute approximate surface area is 110 Å². The third-order valence-corrected chi connectivity index (χ3v) is 4.77. The standard InChI is InChI=1S/C12H20N2O3S/c1-8(7-18(3)17)14-6-10(15)13-12(2,11(14)16)9-4-5-9/h8-9H,4-7H2,1-3H3,(H,13,15). The van der Waals surface area contributed by atoms with E-state index < -0.39 is 16.3 Å². The van der Waals surface area contributed by atoms with Gasteiger partial charge in [0, 0.05) is 28.9 Å². The zero-order valence-corrected chi connectivity index (χ0v) is 11.9. The zero-order valence-electron chi connectivity index (χ0n) is 11.1. The van der Waals surface area contributed by atoms with Gasteiger partial charge in [-0.15, -0.1) is 0 Å². The molecule has 2 rings (SSSR count). The molecule has 5 nitrogen and oxygen atoms in total. The molecule has 0 spiro atoms. The van der Waals surface area contributed by atoms with E-state index >= 15 is 0 Å². The van der Waals surface area contributed by atoms with Crippen molar-refractivity contribution in [2.45, 2.75) is 38.3 Å². The highest BCUT2D eigenvalue weighted by Crippen LogP contribution is 2.41. The minimum absolute atomic E-state index is 0.0254. The molecule has 3 unspecified atom stereocenters. The molecule has 0 aromatic rings. The summed E-state index contributed by atoms with van der Waals surface area (Å²) in [7, 11) is -0.969. The quantitative estimate of drug-likeness (QED) is 0.776. The van der Waals surface area contributed by atoms with E-state index in [1.54, 1.807) is 11.2 Å². The molecule has 1 aliphatic carbocycles. The molecule has 1 saturated heterocycles. The van der Waals surface area contributed by atoms with Crippen molar-refractivity contribution in [1.82, 2.24) is 10.2 Å². The highest BCUT2D eigenvalue weighted by Gasteiger charge is 2.53. The molecular weight excluding hydrogens is 252 g/mol. The Balaban J connectivity index is 2.17. The molecule has 2 amide bonds. The van der Waals surface area contributed by atoms with Crippen molar-refractivity contribution in [1.29, 1.82) is 0 Å². The predicted molar refractivity (Wildman–Crippen MR) is 69.4 cm³/mol. The lowest BCUT2D eigenvalue weighted by Gasteiger charge is -2.42. The van der Waals surface area contributed by atoms with Gasteiger partial charge in [0.2, 0.25) is 11.8 Å². The highest BCUT2D eigenvalue weighted by atomic mass is 32.2. The molecule has 6 heteroatoms. The van der Waals surface area contributed by atoms with E-state index in [4.69, 9.17) is 0 Å². The second kappa shape index (κ2) is 4.64. The Hall–Kier alpha value is -0.910. The smallest absolute Gasteiger partial charge is 0.249 e. The van der Waals surface area contributed by atoms with Crippen LogP contribution in [-0.2, 0) is 20.4 Å². The van der Waals surface area contributed by atoms with Gasteiger partial charge in [0.05, 0.1) is 6.54 Å². The number of carbonyl (C=O) groups is 2. The maximum atomic E-state index is 12.5. The van der Waals surface area contributed by atoms with Crippen LogP contribution in [0.5, 0.6) is 0 Å². The number of hydrogen-bond acceptors (Lipinski definition) is 3. The Morgan fingerprint density at radius 1 is 1.50 bits per heavy atom. The highest BCUT2D eigenvalue weighted by molar-refractivity contribution is 7.84. The molecule has 0 aromatic heterocycles. The largest absolute Gasteiger partial charge is 0.340 e. The summed E-state index contributed by atoms with van der Waals surface area (Å²) < 4.78 is 11.3. The van der Waals surface area contributed by atoms with Crippen molar-refractivity contribution in [2.24, 2.45) is 5.92 Å². The minimum atomic E-state index is -0.969. The molecule has 1 N–H and O–H groups in total. The lowest BCUT2D eigenvalue weighted by atomic mass is 9.91. The zero-order chi connectivity index (χ0) is 13.5. The first-order chi connectivity index (χ1) is 8.34. The van der Waals surface area contributed by atoms with Crippen LogP contribution in [0.3, 0.4) is 0 Å². The summed E-state index contributed by atoms with van der Waals surface area (Å²) in [6.45, 7) is 3.75. The molecule has 0 aromatic carbocycles. The fourth-order valence-electron chi connectivity index (χ4n) is 2.63. The van der Waals surface area contributed by atoms with Gasteiger partial charge in [-0.05, 0) is 32.6 Å². The van der Waals surface area contributed by atoms with Gasteiger partial charge >= 0.3 is 0 Å². The number of hydrogen-bond donors (Lipinski definition) is 1. The van der Waals surface area contributed by atoms with E-state index in [0.29, 0.717) is 5.75 Å². The van der Waals surface area contributed by atoms with Crippen LogP contribution in [0.1, 0.15) is 26.7 Å². The molecule has 1 saturated carbocycles. The van der Waals surface area contributed by atoms with E-state index in [0.717, 1.165) is 12.8 Å². The summed E-state index contributed by atoms with van der Waals surface area (Å²) in [5, 5.41) is 2.84. The summed E-state index contributed by atoms with van der Waals surface area (Å²) in [4.78, 5) is 25.9. The van der Waals surface area contributed by atoms with Gasteiger partial charge in [-0.2, -0.15) is 0 Å². The van der Waals surface area contributed by atoms with E-state index in [1.165, 1.54) is 0 Å². The Kier molecular flexibility index (Phi) is 3.49. The van der Waals surface area contributed by atoms with Gasteiger partial charge < -0.3 is 10.2 Å². The second-order valence-corrected chi connectivity index (χ2v) is 7.03. The van der Waals surface area contributed by atoms with Crippen molar-refractivity contribution in [3.8, 4) is 0 Å². The summed E-state index contributed by atoms with van der Waals surface area (Å²) in [6, 6.07) is -0.160. The molecular formula is C12H20N2O3S. The van der Waals surface area contributed by atoms with Gasteiger partial charge in [0.1, 0.15) is 5.54 Å². The summed E-state index contributed by atoms with van der Waals surface area (Å²) in [6.07, 6.45) is 3.60. The number of nitrogens with one attached hydrogen (secondary N) is 1. The second-order valence-electron chi connectivity index (χ2n) is 5.55. The van der Waals surface area contributed by atoms with Crippen LogP contribution < -0.4 is 5.32 Å². The molecule has 2 fully saturated rings. The number of piperazine rings is 1. The molecule has 2 aliphatic rings. The van der Waals surface area contributed by atoms with Crippen molar-refractivity contribution in [3.63, 3.8) is 0 Å². The van der Waals surface area contributed by atoms with E-state index in [1.807, 2.05) is 13.8 Å². The summed E-state index contributed by atoms with van der Waals surface area (Å²) in [5.41, 5.74) is -0.751. The van der Waals surface area contributed by atoms with E-state index in [2.05, 4.69) is 5.32 Å². The third kappa shape index (κ3) is 2.43. The van der Waals surface area contributed by atoms with Crippen molar-refractivity contribution in [2.75, 3.05) is 18.6 Å². The van der Waals surface area contributed by atoms with Crippen molar-refractivity contribution >= 4 is 22.6 Å². The Morgan fingerprint density at radius 3 is 2.61 bits per heavy atom. The van der Waals surface area contributed by atoms with Crippen LogP contribution in [0, 0.1) is 5.92 Å². The lowest BCUT2D eigenvalue weighted by Crippen LogP contribution is -2.68. The first-order valence-electron chi connectivity index (χ1n) is 6.26. The Bertz CT molecular complexity index is 408. The van der Waals surface area contributed by atoms with Crippen LogP contribution in [0.25, 0.3) is 0 Å². The number of amides is 2. The Morgan fingerprint density at radius 2 is 2.11 bits per heavy atom. The number of rotatable bonds is 4. The average Bonchev–Trinajstić information content (AvgIpc) is 3.05. The molecule has 18 heavy (non-hydrogen) atoms. The topological polar surface area (TPSA) is 66.5 Å². The summed E-state index contributed by atoms with van der Waals surface area (Å²) >= 11 is 0. The van der Waals surface area contributed by atoms with Crippen LogP contribution in [0.15, 0.2) is 0 Å². The maximum absolute atomic E-state index is 12.5. The van der Waals surface area contributed by atoms with Crippen molar-refractivity contribution < 1.29 is 13.8 Å². The molecule has 1 heterocycles. The maximum Gasteiger partial charge on any atom is 0.249 e. The van der Waals surface area contributed by atoms with Gasteiger partial charge in [0.25, 0.3) is 0 Å². The van der Waals surface area contributed by atoms with E-state index in [-0.39, 0.29) is 30.3 Å².